The molecule has 0 amide bonds. The molecule has 0 bridgehead atoms. The van der Waals surface area contributed by atoms with Crippen LogP contribution in [-0.4, -0.2) is 15.0 Å². The monoisotopic (exact) mass is 960 g/mol. The number of aryl methyl sites for hydroxylation is 6. The van der Waals surface area contributed by atoms with Gasteiger partial charge in [0.1, 0.15) is 0 Å². The van der Waals surface area contributed by atoms with Crippen LogP contribution in [0, 0.1) is 59.7 Å². The van der Waals surface area contributed by atoms with E-state index in [-0.39, 0.29) is 63.2 Å². The van der Waals surface area contributed by atoms with Crippen LogP contribution < -0.4 is 0 Å². The van der Waals surface area contributed by atoms with Gasteiger partial charge in [-0.15, -0.1) is 0 Å². The molecule has 3 rings (SSSR count). The van der Waals surface area contributed by atoms with Crippen molar-refractivity contribution in [2.45, 2.75) is 83.1 Å². The Labute approximate surface area is 248 Å². The van der Waals surface area contributed by atoms with Crippen LogP contribution in [0.15, 0.2) is 36.4 Å². The number of aromatic nitrogens is 3. The van der Waals surface area contributed by atoms with E-state index in [4.69, 9.17) is 0 Å². The zero-order valence-electron chi connectivity index (χ0n) is 22.5. The van der Waals surface area contributed by atoms with E-state index in [9.17, 15) is 0 Å². The summed E-state index contributed by atoms with van der Waals surface area (Å²) < 4.78 is 0. The molecule has 0 atom stereocenters. The van der Waals surface area contributed by atoms with E-state index in [0.29, 0.717) is 0 Å². The largest absolute Gasteiger partial charge is 0.298 e. The van der Waals surface area contributed by atoms with Gasteiger partial charge in [0.05, 0.1) is 0 Å². The first-order valence-corrected chi connectivity index (χ1v) is 10.8. The topological polar surface area (TPSA) is 38.7 Å². The van der Waals surface area contributed by atoms with Gasteiger partial charge in [0, 0.05) is 63.2 Å². The molecule has 3 aromatic heterocycles. The van der Waals surface area contributed by atoms with Crippen LogP contribution in [0.5, 0.6) is 0 Å². The first-order valence-electron chi connectivity index (χ1n) is 10.8. The molecule has 3 heterocycles. The van der Waals surface area contributed by atoms with Crippen LogP contribution in [-0.2, 0) is 63.2 Å². The Morgan fingerprint density at radius 1 is 0.424 bits per heavy atom. The molecule has 0 spiro atoms. The maximum atomic E-state index is 4.12. The molecule has 0 aromatic carbocycles. The third-order valence-electron chi connectivity index (χ3n) is 2.88. The summed E-state index contributed by atoms with van der Waals surface area (Å²) in [7, 11) is 0. The van der Waals surface area contributed by atoms with Crippen molar-refractivity contribution in [3.8, 4) is 0 Å². The van der Waals surface area contributed by atoms with Gasteiger partial charge in [0.2, 0.25) is 0 Å². The fourth-order valence-corrected chi connectivity index (χ4v) is 1.85. The van der Waals surface area contributed by atoms with Crippen molar-refractivity contribution < 1.29 is 63.2 Å². The van der Waals surface area contributed by atoms with Gasteiger partial charge in [-0.1, -0.05) is 58.6 Å². The third kappa shape index (κ3) is 31.5. The maximum Gasteiger partial charge on any atom is 0 e. The van der Waals surface area contributed by atoms with Gasteiger partial charge < -0.3 is 0 Å². The summed E-state index contributed by atoms with van der Waals surface area (Å²) in [6.45, 7) is 23.7. The van der Waals surface area contributed by atoms with Gasteiger partial charge >= 0.3 is 0 Å². The second-order valence-electron chi connectivity index (χ2n) is 5.45. The Bertz CT molecular complexity index is 612. The van der Waals surface area contributed by atoms with Crippen LogP contribution in [0.3, 0.4) is 0 Å². The maximum absolute atomic E-state index is 4.12. The molecule has 33 heavy (non-hydrogen) atoms. The Kier molecular flexibility index (Phi) is 46.9. The van der Waals surface area contributed by atoms with Gasteiger partial charge in [0.15, 0.2) is 0 Å². The quantitative estimate of drug-likeness (QED) is 0.219. The zero-order chi connectivity index (χ0) is 23.9. The van der Waals surface area contributed by atoms with Gasteiger partial charge in [-0.2, -0.15) is 18.2 Å². The van der Waals surface area contributed by atoms with E-state index >= 15 is 0 Å². The minimum absolute atomic E-state index is 0. The number of hydrogen-bond acceptors (Lipinski definition) is 3. The van der Waals surface area contributed by atoms with Crippen LogP contribution >= 0.6 is 0 Å². The Morgan fingerprint density at radius 2 is 0.606 bits per heavy atom. The molecule has 0 aliphatic heterocycles. The molecular formula is C27H42N3W3-3. The first kappa shape index (κ1) is 45.9. The van der Waals surface area contributed by atoms with Crippen LogP contribution in [0.25, 0.3) is 0 Å². The van der Waals surface area contributed by atoms with Crippen LogP contribution in [0.2, 0.25) is 0 Å². The standard InChI is InChI=1S/3C7H8N.3C2H6.3W/c3*1-6-4-3-5-7(2)8-6;3*1-2;;;/h3*3-4H,1-2H3;3*1-2H3;;;/q3*-1;;;;;;. The average molecular weight is 960 g/mol. The zero-order valence-corrected chi connectivity index (χ0v) is 31.3. The minimum atomic E-state index is 0. The molecule has 186 valence electrons. The summed E-state index contributed by atoms with van der Waals surface area (Å²) in [4.78, 5) is 12.4. The molecule has 0 radical (unpaired) electrons. The van der Waals surface area contributed by atoms with Crippen molar-refractivity contribution in [2.24, 2.45) is 0 Å². The second kappa shape index (κ2) is 33.7. The average Bonchev–Trinajstić information content (AvgIpc) is 2.73. The fraction of sp³-hybridized carbons (Fsp3) is 0.444. The SMILES string of the molecule is CC.CC.CC.Cc1[c-]ccc(C)n1.Cc1[c-]ccc(C)n1.Cc1[c-]ccc(C)n1.[W].[W].[W]. The molecule has 0 saturated carbocycles. The molecule has 0 N–H and O–H groups in total. The Balaban J connectivity index is -0.0000000713. The van der Waals surface area contributed by atoms with Gasteiger partial charge in [0.25, 0.3) is 0 Å². The first-order chi connectivity index (χ1) is 14.4. The molecule has 0 unspecified atom stereocenters. The normalized spacial score (nSPS) is 7.27. The van der Waals surface area contributed by atoms with Crippen LogP contribution in [0.1, 0.15) is 75.7 Å². The predicted octanol–water partition coefficient (Wildman–Crippen LogP) is 7.57. The Hall–Kier alpha value is -0.485. The molecule has 0 aliphatic carbocycles. The van der Waals surface area contributed by atoms with Crippen molar-refractivity contribution in [2.75, 3.05) is 0 Å². The summed E-state index contributed by atoms with van der Waals surface area (Å²) in [6, 6.07) is 20.4. The fourth-order valence-electron chi connectivity index (χ4n) is 1.85. The summed E-state index contributed by atoms with van der Waals surface area (Å²) in [5, 5.41) is 0. The van der Waals surface area contributed by atoms with Crippen molar-refractivity contribution >= 4 is 0 Å². The van der Waals surface area contributed by atoms with E-state index in [1.54, 1.807) is 0 Å². The summed E-state index contributed by atoms with van der Waals surface area (Å²) in [6.07, 6.45) is 0. The number of hydrogen-bond donors (Lipinski definition) is 0. The number of nitrogens with zero attached hydrogens (tertiary/aromatic N) is 3. The Morgan fingerprint density at radius 3 is 0.697 bits per heavy atom. The van der Waals surface area contributed by atoms with Crippen LogP contribution in [0.4, 0.5) is 0 Å². The summed E-state index contributed by atoms with van der Waals surface area (Å²) >= 11 is 0. The van der Waals surface area contributed by atoms with E-state index in [0.717, 1.165) is 34.2 Å². The van der Waals surface area contributed by atoms with E-state index in [1.807, 2.05) is 119 Å². The predicted molar refractivity (Wildman–Crippen MR) is 132 cm³/mol. The van der Waals surface area contributed by atoms with Crippen molar-refractivity contribution in [1.82, 2.24) is 15.0 Å². The summed E-state index contributed by atoms with van der Waals surface area (Å²) in [5.41, 5.74) is 6.06. The molecular weight excluding hydrogens is 918 g/mol. The summed E-state index contributed by atoms with van der Waals surface area (Å²) in [5.74, 6) is 0. The number of pyridine rings is 3. The molecule has 3 nitrogen and oxygen atoms in total. The molecule has 6 heteroatoms. The van der Waals surface area contributed by atoms with Gasteiger partial charge in [-0.25, -0.2) is 36.4 Å². The molecule has 0 saturated heterocycles. The third-order valence-corrected chi connectivity index (χ3v) is 2.88. The van der Waals surface area contributed by atoms with E-state index in [2.05, 4.69) is 33.2 Å². The molecule has 0 aliphatic rings. The molecule has 0 fully saturated rings. The van der Waals surface area contributed by atoms with Crippen molar-refractivity contribution in [1.29, 1.82) is 0 Å². The smallest absolute Gasteiger partial charge is 0 e. The van der Waals surface area contributed by atoms with Gasteiger partial charge in [-0.3, -0.25) is 15.0 Å². The van der Waals surface area contributed by atoms with Gasteiger partial charge in [-0.05, 0) is 58.6 Å². The number of rotatable bonds is 0. The van der Waals surface area contributed by atoms with E-state index < -0.39 is 0 Å². The molecule has 3 aromatic rings. The second-order valence-corrected chi connectivity index (χ2v) is 5.45. The minimum Gasteiger partial charge on any atom is -0.298 e. The van der Waals surface area contributed by atoms with Crippen molar-refractivity contribution in [3.63, 3.8) is 0 Å². The van der Waals surface area contributed by atoms with Crippen molar-refractivity contribution in [3.05, 3.63) is 88.8 Å². The van der Waals surface area contributed by atoms with E-state index in [1.165, 1.54) is 0 Å².